The summed E-state index contributed by atoms with van der Waals surface area (Å²) in [7, 11) is 0. The van der Waals surface area contributed by atoms with Gasteiger partial charge in [-0.2, -0.15) is 0 Å². The molecule has 0 aromatic heterocycles. The van der Waals surface area contributed by atoms with E-state index in [-0.39, 0.29) is 23.5 Å². The topological polar surface area (TPSA) is 64.4 Å². The van der Waals surface area contributed by atoms with Crippen LogP contribution in [0.4, 0.5) is 0 Å². The lowest BCUT2D eigenvalue weighted by Crippen LogP contribution is -2.41. The van der Waals surface area contributed by atoms with Crippen LogP contribution in [0.25, 0.3) is 0 Å². The van der Waals surface area contributed by atoms with E-state index in [1.807, 2.05) is 18.2 Å². The van der Waals surface area contributed by atoms with Crippen molar-refractivity contribution in [1.29, 1.82) is 0 Å². The minimum atomic E-state index is -0.328. The number of hydrogen-bond donors (Lipinski definition) is 2. The molecule has 4 heteroatoms. The molecule has 3 N–H and O–H groups in total. The molecule has 1 saturated heterocycles. The van der Waals surface area contributed by atoms with Gasteiger partial charge in [-0.15, -0.1) is 0 Å². The van der Waals surface area contributed by atoms with E-state index >= 15 is 0 Å². The first-order valence-electron chi connectivity index (χ1n) is 7.67. The molecule has 0 saturated carbocycles. The highest BCUT2D eigenvalue weighted by molar-refractivity contribution is 5.81. The van der Waals surface area contributed by atoms with Crippen LogP contribution >= 0.6 is 0 Å². The quantitative estimate of drug-likeness (QED) is 0.841. The molecular weight excluding hydrogens is 264 g/mol. The van der Waals surface area contributed by atoms with Crippen LogP contribution in [0.2, 0.25) is 0 Å². The van der Waals surface area contributed by atoms with Crippen molar-refractivity contribution in [3.63, 3.8) is 0 Å². The first-order chi connectivity index (χ1) is 10.00. The molecule has 116 valence electrons. The molecule has 4 nitrogen and oxygen atoms in total. The molecule has 0 spiro atoms. The Morgan fingerprint density at radius 3 is 2.67 bits per heavy atom. The number of nitrogens with one attached hydrogen (secondary N) is 1. The van der Waals surface area contributed by atoms with Crippen molar-refractivity contribution in [2.45, 2.75) is 45.3 Å². The summed E-state index contributed by atoms with van der Waals surface area (Å²) >= 11 is 0. The third-order valence-corrected chi connectivity index (χ3v) is 3.93. The second-order valence-electron chi connectivity index (χ2n) is 6.60. The van der Waals surface area contributed by atoms with Crippen molar-refractivity contribution in [3.05, 3.63) is 35.9 Å². The van der Waals surface area contributed by atoms with E-state index in [0.29, 0.717) is 13.1 Å². The van der Waals surface area contributed by atoms with Gasteiger partial charge in [-0.05, 0) is 30.2 Å². The normalized spacial score (nSPS) is 22.2. The van der Waals surface area contributed by atoms with Gasteiger partial charge in [0, 0.05) is 13.1 Å². The third-order valence-electron chi connectivity index (χ3n) is 3.93. The zero-order chi connectivity index (χ0) is 15.3. The Hall–Kier alpha value is -1.39. The van der Waals surface area contributed by atoms with Gasteiger partial charge in [-0.25, -0.2) is 0 Å². The Balaban J connectivity index is 1.80. The summed E-state index contributed by atoms with van der Waals surface area (Å²) in [4.78, 5) is 12.1. The van der Waals surface area contributed by atoms with Crippen molar-refractivity contribution >= 4 is 5.91 Å². The molecule has 0 unspecified atom stereocenters. The number of nitrogens with two attached hydrogens (primary N) is 1. The van der Waals surface area contributed by atoms with Crippen molar-refractivity contribution in [3.8, 4) is 0 Å². The van der Waals surface area contributed by atoms with Gasteiger partial charge in [0.15, 0.2) is 0 Å². The largest absolute Gasteiger partial charge is 0.364 e. The maximum atomic E-state index is 12.1. The van der Waals surface area contributed by atoms with Crippen LogP contribution in [0.5, 0.6) is 0 Å². The average Bonchev–Trinajstić information content (AvgIpc) is 2.94. The van der Waals surface area contributed by atoms with E-state index in [4.69, 9.17) is 10.5 Å². The van der Waals surface area contributed by atoms with Crippen LogP contribution in [0, 0.1) is 5.41 Å². The van der Waals surface area contributed by atoms with Crippen molar-refractivity contribution in [2.75, 3.05) is 13.1 Å². The molecule has 0 radical (unpaired) electrons. The fraction of sp³-hybridized carbons (Fsp3) is 0.588. The van der Waals surface area contributed by atoms with Gasteiger partial charge in [-0.1, -0.05) is 44.2 Å². The molecule has 1 aliphatic rings. The standard InChI is InChI=1S/C17H26N2O2/c1-17(2,10-13-6-4-3-5-7-13)12-19-16(20)15-9-8-14(11-18)21-15/h3-7,14-15H,8-12,18H2,1-2H3,(H,19,20)/t14-,15+/m1/s1. The molecule has 1 aromatic carbocycles. The smallest absolute Gasteiger partial charge is 0.249 e. The molecule has 0 aliphatic carbocycles. The fourth-order valence-electron chi connectivity index (χ4n) is 2.72. The number of ether oxygens (including phenoxy) is 1. The Bertz CT molecular complexity index is 459. The zero-order valence-electron chi connectivity index (χ0n) is 13.0. The molecule has 1 aromatic rings. The molecule has 1 fully saturated rings. The lowest BCUT2D eigenvalue weighted by molar-refractivity contribution is -0.132. The monoisotopic (exact) mass is 290 g/mol. The summed E-state index contributed by atoms with van der Waals surface area (Å²) in [5.74, 6) is -0.00733. The van der Waals surface area contributed by atoms with Crippen LogP contribution < -0.4 is 11.1 Å². The molecule has 1 aliphatic heterocycles. The van der Waals surface area contributed by atoms with Gasteiger partial charge < -0.3 is 15.8 Å². The zero-order valence-corrected chi connectivity index (χ0v) is 13.0. The summed E-state index contributed by atoms with van der Waals surface area (Å²) in [5, 5.41) is 3.03. The number of carbonyl (C=O) groups excluding carboxylic acids is 1. The molecule has 0 bridgehead atoms. The van der Waals surface area contributed by atoms with Crippen molar-refractivity contribution < 1.29 is 9.53 Å². The molecule has 2 atom stereocenters. The first kappa shape index (κ1) is 16.0. The van der Waals surface area contributed by atoms with E-state index in [1.165, 1.54) is 5.56 Å². The van der Waals surface area contributed by atoms with Crippen LogP contribution in [0.1, 0.15) is 32.3 Å². The predicted octanol–water partition coefficient (Wildman–Crippen LogP) is 1.88. The van der Waals surface area contributed by atoms with Crippen LogP contribution in [-0.2, 0) is 16.0 Å². The minimum absolute atomic E-state index is 0.00733. The van der Waals surface area contributed by atoms with Crippen molar-refractivity contribution in [2.24, 2.45) is 11.1 Å². The summed E-state index contributed by atoms with van der Waals surface area (Å²) in [6.07, 6.45) is 2.30. The highest BCUT2D eigenvalue weighted by Crippen LogP contribution is 2.22. The molecule has 21 heavy (non-hydrogen) atoms. The summed E-state index contributed by atoms with van der Waals surface area (Å²) < 4.78 is 5.62. The van der Waals surface area contributed by atoms with Gasteiger partial charge in [-0.3, -0.25) is 4.79 Å². The van der Waals surface area contributed by atoms with Crippen LogP contribution in [0.3, 0.4) is 0 Å². The number of rotatable bonds is 6. The number of benzene rings is 1. The van der Waals surface area contributed by atoms with Gasteiger partial charge in [0.05, 0.1) is 6.10 Å². The van der Waals surface area contributed by atoms with E-state index in [0.717, 1.165) is 19.3 Å². The summed E-state index contributed by atoms with van der Waals surface area (Å²) in [5.41, 5.74) is 6.87. The SMILES string of the molecule is CC(C)(CNC(=O)[C@@H]1CC[C@H](CN)O1)Cc1ccccc1. The van der Waals surface area contributed by atoms with E-state index in [1.54, 1.807) is 0 Å². The maximum absolute atomic E-state index is 12.1. The Morgan fingerprint density at radius 2 is 2.05 bits per heavy atom. The molecule has 1 amide bonds. The predicted molar refractivity (Wildman–Crippen MR) is 83.9 cm³/mol. The highest BCUT2D eigenvalue weighted by Gasteiger charge is 2.30. The number of amides is 1. The van der Waals surface area contributed by atoms with Gasteiger partial charge in [0.25, 0.3) is 0 Å². The molecule has 2 rings (SSSR count). The average molecular weight is 290 g/mol. The lowest BCUT2D eigenvalue weighted by Gasteiger charge is -2.26. The van der Waals surface area contributed by atoms with Crippen LogP contribution in [-0.4, -0.2) is 31.2 Å². The van der Waals surface area contributed by atoms with Gasteiger partial charge in [0.1, 0.15) is 6.10 Å². The maximum Gasteiger partial charge on any atom is 0.249 e. The van der Waals surface area contributed by atoms with Crippen molar-refractivity contribution in [1.82, 2.24) is 5.32 Å². The second kappa shape index (κ2) is 7.05. The third kappa shape index (κ3) is 4.83. The Morgan fingerprint density at radius 1 is 1.33 bits per heavy atom. The lowest BCUT2D eigenvalue weighted by atomic mass is 9.85. The van der Waals surface area contributed by atoms with Gasteiger partial charge >= 0.3 is 0 Å². The minimum Gasteiger partial charge on any atom is -0.364 e. The summed E-state index contributed by atoms with van der Waals surface area (Å²) in [6.45, 7) is 5.47. The van der Waals surface area contributed by atoms with E-state index in [9.17, 15) is 4.79 Å². The van der Waals surface area contributed by atoms with Crippen LogP contribution in [0.15, 0.2) is 30.3 Å². The number of carbonyl (C=O) groups is 1. The van der Waals surface area contributed by atoms with E-state index in [2.05, 4.69) is 31.3 Å². The summed E-state index contributed by atoms with van der Waals surface area (Å²) in [6, 6.07) is 10.3. The van der Waals surface area contributed by atoms with Gasteiger partial charge in [0.2, 0.25) is 5.91 Å². The molecular formula is C17H26N2O2. The first-order valence-corrected chi connectivity index (χ1v) is 7.67. The fourth-order valence-corrected chi connectivity index (χ4v) is 2.72. The highest BCUT2D eigenvalue weighted by atomic mass is 16.5. The Labute approximate surface area is 127 Å². The van der Waals surface area contributed by atoms with E-state index < -0.39 is 0 Å². The Kier molecular flexibility index (Phi) is 5.37. The number of hydrogen-bond acceptors (Lipinski definition) is 3. The second-order valence-corrected chi connectivity index (χ2v) is 6.60. The molecule has 1 heterocycles.